The molecule has 0 heterocycles. The summed E-state index contributed by atoms with van der Waals surface area (Å²) in [6.45, 7) is 2.84. The molecule has 0 bridgehead atoms. The van der Waals surface area contributed by atoms with Crippen LogP contribution in [0.15, 0.2) is 36.4 Å². The molecule has 2 nitrogen and oxygen atoms in total. The first kappa shape index (κ1) is 13.0. The van der Waals surface area contributed by atoms with E-state index in [1.54, 1.807) is 6.08 Å². The highest BCUT2D eigenvalue weighted by atomic mass is 79.9. The lowest BCUT2D eigenvalue weighted by Gasteiger charge is -2.01. The van der Waals surface area contributed by atoms with Crippen LogP contribution in [-0.2, 0) is 4.79 Å². The molecule has 0 spiro atoms. The zero-order chi connectivity index (χ0) is 11.8. The van der Waals surface area contributed by atoms with Gasteiger partial charge >= 0.3 is 0 Å². The first-order chi connectivity index (χ1) is 7.74. The van der Waals surface area contributed by atoms with Crippen LogP contribution in [0.25, 0.3) is 4.48 Å². The second-order valence-electron chi connectivity index (χ2n) is 3.50. The molecule has 1 aromatic rings. The van der Waals surface area contributed by atoms with Crippen molar-refractivity contribution in [3.63, 3.8) is 0 Å². The predicted molar refractivity (Wildman–Crippen MR) is 71.3 cm³/mol. The SMILES string of the molecule is CCCCNC(=O)/C=C(\Br)c1ccccc1. The van der Waals surface area contributed by atoms with Crippen molar-refractivity contribution in [2.75, 3.05) is 6.54 Å². The number of nitrogens with one attached hydrogen (secondary N) is 1. The number of hydrogen-bond acceptors (Lipinski definition) is 1. The number of benzene rings is 1. The molecular formula is C13H16BrNO. The standard InChI is InChI=1S/C13H16BrNO/c1-2-3-9-15-13(16)10-12(14)11-7-5-4-6-8-11/h4-8,10H,2-3,9H2,1H3,(H,15,16)/b12-10-. The quantitative estimate of drug-likeness (QED) is 0.651. The Hall–Kier alpha value is -1.09. The number of rotatable bonds is 5. The van der Waals surface area contributed by atoms with Gasteiger partial charge in [-0.1, -0.05) is 43.7 Å². The Kier molecular flexibility index (Phi) is 5.86. The van der Waals surface area contributed by atoms with Gasteiger partial charge in [0.05, 0.1) is 0 Å². The topological polar surface area (TPSA) is 29.1 Å². The molecule has 0 saturated heterocycles. The summed E-state index contributed by atoms with van der Waals surface area (Å²) in [5.74, 6) is -0.0517. The summed E-state index contributed by atoms with van der Waals surface area (Å²) in [6, 6.07) is 9.75. The van der Waals surface area contributed by atoms with Crippen molar-refractivity contribution in [2.45, 2.75) is 19.8 Å². The van der Waals surface area contributed by atoms with Gasteiger partial charge in [-0.05, 0) is 27.9 Å². The van der Waals surface area contributed by atoms with Crippen LogP contribution in [0.5, 0.6) is 0 Å². The molecule has 0 unspecified atom stereocenters. The molecule has 3 heteroatoms. The van der Waals surface area contributed by atoms with Crippen molar-refractivity contribution in [3.8, 4) is 0 Å². The third kappa shape index (κ3) is 4.62. The first-order valence-electron chi connectivity index (χ1n) is 5.44. The molecule has 1 N–H and O–H groups in total. The summed E-state index contributed by atoms with van der Waals surface area (Å²) in [4.78, 5) is 11.5. The van der Waals surface area contributed by atoms with Gasteiger partial charge in [-0.25, -0.2) is 0 Å². The molecule has 0 aliphatic carbocycles. The highest BCUT2D eigenvalue weighted by molar-refractivity contribution is 9.15. The van der Waals surface area contributed by atoms with Crippen molar-refractivity contribution < 1.29 is 4.79 Å². The van der Waals surface area contributed by atoms with E-state index in [0.717, 1.165) is 29.4 Å². The maximum Gasteiger partial charge on any atom is 0.245 e. The van der Waals surface area contributed by atoms with E-state index in [2.05, 4.69) is 28.2 Å². The Morgan fingerprint density at radius 2 is 2.06 bits per heavy atom. The number of unbranched alkanes of at least 4 members (excludes halogenated alkanes) is 1. The van der Waals surface area contributed by atoms with E-state index in [9.17, 15) is 4.79 Å². The maximum atomic E-state index is 11.5. The monoisotopic (exact) mass is 281 g/mol. The summed E-state index contributed by atoms with van der Waals surface area (Å²) in [7, 11) is 0. The third-order valence-electron chi connectivity index (χ3n) is 2.14. The summed E-state index contributed by atoms with van der Waals surface area (Å²) in [5.41, 5.74) is 1.01. The molecule has 0 fully saturated rings. The van der Waals surface area contributed by atoms with E-state index in [1.807, 2.05) is 30.3 Å². The lowest BCUT2D eigenvalue weighted by atomic mass is 10.2. The second-order valence-corrected chi connectivity index (χ2v) is 4.36. The Labute approximate surface area is 105 Å². The minimum Gasteiger partial charge on any atom is -0.353 e. The van der Waals surface area contributed by atoms with Crippen LogP contribution >= 0.6 is 15.9 Å². The van der Waals surface area contributed by atoms with Crippen molar-refractivity contribution in [1.82, 2.24) is 5.32 Å². The molecule has 1 rings (SSSR count). The van der Waals surface area contributed by atoms with Crippen molar-refractivity contribution in [3.05, 3.63) is 42.0 Å². The molecule has 0 aromatic heterocycles. The Morgan fingerprint density at radius 3 is 2.69 bits per heavy atom. The number of amides is 1. The highest BCUT2D eigenvalue weighted by Gasteiger charge is 2.00. The molecular weight excluding hydrogens is 266 g/mol. The largest absolute Gasteiger partial charge is 0.353 e. The van der Waals surface area contributed by atoms with Crippen LogP contribution in [0.4, 0.5) is 0 Å². The van der Waals surface area contributed by atoms with Crippen LogP contribution in [0, 0.1) is 0 Å². The number of hydrogen-bond donors (Lipinski definition) is 1. The van der Waals surface area contributed by atoms with Crippen LogP contribution in [0.3, 0.4) is 0 Å². The normalized spacial score (nSPS) is 11.2. The molecule has 86 valence electrons. The van der Waals surface area contributed by atoms with Crippen molar-refractivity contribution in [1.29, 1.82) is 0 Å². The molecule has 0 atom stereocenters. The fraction of sp³-hybridized carbons (Fsp3) is 0.308. The highest BCUT2D eigenvalue weighted by Crippen LogP contribution is 2.19. The predicted octanol–water partition coefficient (Wildman–Crippen LogP) is 3.34. The summed E-state index contributed by atoms with van der Waals surface area (Å²) >= 11 is 3.40. The molecule has 0 aliphatic heterocycles. The second kappa shape index (κ2) is 7.23. The smallest absolute Gasteiger partial charge is 0.245 e. The van der Waals surface area contributed by atoms with Crippen molar-refractivity contribution in [2.24, 2.45) is 0 Å². The van der Waals surface area contributed by atoms with Gasteiger partial charge in [0.2, 0.25) is 5.91 Å². The fourth-order valence-electron chi connectivity index (χ4n) is 1.24. The first-order valence-corrected chi connectivity index (χ1v) is 6.23. The maximum absolute atomic E-state index is 11.5. The van der Waals surface area contributed by atoms with E-state index in [-0.39, 0.29) is 5.91 Å². The van der Waals surface area contributed by atoms with Crippen molar-refractivity contribution >= 4 is 26.3 Å². The molecule has 1 aromatic carbocycles. The van der Waals surface area contributed by atoms with Gasteiger partial charge in [0, 0.05) is 17.1 Å². The summed E-state index contributed by atoms with van der Waals surface area (Å²) in [5, 5.41) is 2.84. The van der Waals surface area contributed by atoms with E-state index >= 15 is 0 Å². The molecule has 0 radical (unpaired) electrons. The number of carbonyl (C=O) groups is 1. The van der Waals surface area contributed by atoms with Gasteiger partial charge < -0.3 is 5.32 Å². The number of carbonyl (C=O) groups excluding carboxylic acids is 1. The Balaban J connectivity index is 2.53. The Morgan fingerprint density at radius 1 is 1.38 bits per heavy atom. The van der Waals surface area contributed by atoms with Gasteiger partial charge in [0.25, 0.3) is 0 Å². The molecule has 0 aliphatic rings. The lowest BCUT2D eigenvalue weighted by Crippen LogP contribution is -2.22. The van der Waals surface area contributed by atoms with Gasteiger partial charge in [-0.2, -0.15) is 0 Å². The number of halogens is 1. The lowest BCUT2D eigenvalue weighted by molar-refractivity contribution is -0.116. The average molecular weight is 282 g/mol. The van der Waals surface area contributed by atoms with Gasteiger partial charge in [-0.3, -0.25) is 4.79 Å². The van der Waals surface area contributed by atoms with Crippen LogP contribution in [-0.4, -0.2) is 12.5 Å². The summed E-state index contributed by atoms with van der Waals surface area (Å²) in [6.07, 6.45) is 3.68. The molecule has 0 saturated carbocycles. The van der Waals surface area contributed by atoms with Gasteiger partial charge in [-0.15, -0.1) is 0 Å². The molecule has 16 heavy (non-hydrogen) atoms. The molecule has 1 amide bonds. The van der Waals surface area contributed by atoms with Gasteiger partial charge in [0.15, 0.2) is 0 Å². The van der Waals surface area contributed by atoms with E-state index < -0.39 is 0 Å². The average Bonchev–Trinajstić information content (AvgIpc) is 2.30. The van der Waals surface area contributed by atoms with Crippen LogP contribution in [0.1, 0.15) is 25.3 Å². The minimum atomic E-state index is -0.0517. The minimum absolute atomic E-state index is 0.0517. The fourth-order valence-corrected chi connectivity index (χ4v) is 1.71. The van der Waals surface area contributed by atoms with Gasteiger partial charge in [0.1, 0.15) is 0 Å². The van der Waals surface area contributed by atoms with E-state index in [4.69, 9.17) is 0 Å². The third-order valence-corrected chi connectivity index (χ3v) is 2.82. The van der Waals surface area contributed by atoms with Crippen LogP contribution in [0.2, 0.25) is 0 Å². The Bertz CT molecular complexity index is 359. The van der Waals surface area contributed by atoms with E-state index in [1.165, 1.54) is 0 Å². The zero-order valence-electron chi connectivity index (χ0n) is 9.37. The zero-order valence-corrected chi connectivity index (χ0v) is 11.0. The van der Waals surface area contributed by atoms with E-state index in [0.29, 0.717) is 0 Å². The summed E-state index contributed by atoms with van der Waals surface area (Å²) < 4.78 is 0.807. The van der Waals surface area contributed by atoms with Crippen LogP contribution < -0.4 is 5.32 Å².